The molecule has 2 aliphatic heterocycles. The third-order valence-electron chi connectivity index (χ3n) is 4.20. The summed E-state index contributed by atoms with van der Waals surface area (Å²) in [7, 11) is 0. The van der Waals surface area contributed by atoms with Gasteiger partial charge >= 0.3 is 6.18 Å². The molecule has 2 aliphatic rings. The Hall–Kier alpha value is -1.63. The zero-order valence-electron chi connectivity index (χ0n) is 11.1. The molecule has 3 rings (SSSR count). The molecule has 1 aromatic rings. The first kappa shape index (κ1) is 14.3. The standard InChI is InChI=1S/C14H14F4N2O/c15-12-2-1-10(14(16,17)18)3-11(12)13(21)20-6-8-4-19-5-9(8)7-20/h1-3,8-9,19H,4-7H2/t8-,9+. The lowest BCUT2D eigenvalue weighted by atomic mass is 10.0. The Bertz CT molecular complexity index is 561. The molecular weight excluding hydrogens is 288 g/mol. The molecule has 0 unspecified atom stereocenters. The average molecular weight is 302 g/mol. The highest BCUT2D eigenvalue weighted by Crippen LogP contribution is 2.32. The van der Waals surface area contributed by atoms with Gasteiger partial charge in [-0.15, -0.1) is 0 Å². The molecule has 2 saturated heterocycles. The smallest absolute Gasteiger partial charge is 0.338 e. The van der Waals surface area contributed by atoms with E-state index < -0.39 is 29.0 Å². The van der Waals surface area contributed by atoms with E-state index in [4.69, 9.17) is 0 Å². The molecular formula is C14H14F4N2O. The third-order valence-corrected chi connectivity index (χ3v) is 4.20. The maximum atomic E-state index is 13.7. The molecule has 1 aromatic carbocycles. The molecule has 0 spiro atoms. The second-order valence-electron chi connectivity index (χ2n) is 5.58. The highest BCUT2D eigenvalue weighted by Gasteiger charge is 2.39. The number of carbonyl (C=O) groups excluding carboxylic acids is 1. The number of fused-ring (bicyclic) bond motifs is 1. The number of hydrogen-bond acceptors (Lipinski definition) is 2. The number of likely N-dealkylation sites (tertiary alicyclic amines) is 1. The van der Waals surface area contributed by atoms with Gasteiger partial charge in [-0.2, -0.15) is 13.2 Å². The SMILES string of the molecule is O=C(c1cc(C(F)(F)F)ccc1F)N1C[C@H]2CNC[C@H]2C1. The molecule has 2 atom stereocenters. The molecule has 114 valence electrons. The first-order valence-electron chi connectivity index (χ1n) is 6.73. The predicted octanol–water partition coefficient (Wildman–Crippen LogP) is 2.14. The van der Waals surface area contributed by atoms with E-state index >= 15 is 0 Å². The van der Waals surface area contributed by atoms with Crippen molar-refractivity contribution in [1.82, 2.24) is 10.2 Å². The summed E-state index contributed by atoms with van der Waals surface area (Å²) in [6, 6.07) is 1.95. The first-order valence-corrected chi connectivity index (χ1v) is 6.73. The van der Waals surface area contributed by atoms with Gasteiger partial charge in [0, 0.05) is 26.2 Å². The lowest BCUT2D eigenvalue weighted by Gasteiger charge is -2.18. The normalized spacial score (nSPS) is 25.2. The van der Waals surface area contributed by atoms with Crippen LogP contribution in [0.2, 0.25) is 0 Å². The summed E-state index contributed by atoms with van der Waals surface area (Å²) in [4.78, 5) is 13.7. The highest BCUT2D eigenvalue weighted by atomic mass is 19.4. The molecule has 2 heterocycles. The molecule has 7 heteroatoms. The number of halogens is 4. The van der Waals surface area contributed by atoms with Crippen LogP contribution in [0.4, 0.5) is 17.6 Å². The molecule has 0 radical (unpaired) electrons. The minimum Gasteiger partial charge on any atom is -0.338 e. The van der Waals surface area contributed by atoms with Gasteiger partial charge in [-0.3, -0.25) is 4.79 Å². The van der Waals surface area contributed by atoms with Crippen LogP contribution in [0.1, 0.15) is 15.9 Å². The minimum atomic E-state index is -4.59. The molecule has 21 heavy (non-hydrogen) atoms. The van der Waals surface area contributed by atoms with Crippen LogP contribution in [-0.4, -0.2) is 37.0 Å². The lowest BCUT2D eigenvalue weighted by Crippen LogP contribution is -2.32. The van der Waals surface area contributed by atoms with E-state index in [-0.39, 0.29) is 0 Å². The number of nitrogens with one attached hydrogen (secondary N) is 1. The van der Waals surface area contributed by atoms with Crippen molar-refractivity contribution in [2.75, 3.05) is 26.2 Å². The van der Waals surface area contributed by atoms with Gasteiger partial charge in [-0.25, -0.2) is 4.39 Å². The Kier molecular flexibility index (Phi) is 3.39. The van der Waals surface area contributed by atoms with Gasteiger partial charge in [0.1, 0.15) is 5.82 Å². The topological polar surface area (TPSA) is 32.3 Å². The van der Waals surface area contributed by atoms with E-state index in [0.717, 1.165) is 13.1 Å². The van der Waals surface area contributed by atoms with Crippen molar-refractivity contribution in [2.45, 2.75) is 6.18 Å². The highest BCUT2D eigenvalue weighted by molar-refractivity contribution is 5.95. The van der Waals surface area contributed by atoms with Crippen molar-refractivity contribution in [3.8, 4) is 0 Å². The van der Waals surface area contributed by atoms with Crippen molar-refractivity contribution in [3.05, 3.63) is 35.1 Å². The Balaban J connectivity index is 1.84. The zero-order valence-corrected chi connectivity index (χ0v) is 11.1. The summed E-state index contributed by atoms with van der Waals surface area (Å²) in [5, 5.41) is 3.20. The molecule has 3 nitrogen and oxygen atoms in total. The van der Waals surface area contributed by atoms with Crippen LogP contribution in [0.25, 0.3) is 0 Å². The van der Waals surface area contributed by atoms with Crippen LogP contribution in [-0.2, 0) is 6.18 Å². The Morgan fingerprint density at radius 1 is 1.19 bits per heavy atom. The fourth-order valence-corrected chi connectivity index (χ4v) is 3.06. The summed E-state index contributed by atoms with van der Waals surface area (Å²) >= 11 is 0. The van der Waals surface area contributed by atoms with E-state index in [9.17, 15) is 22.4 Å². The summed E-state index contributed by atoms with van der Waals surface area (Å²) in [6.45, 7) is 2.51. The summed E-state index contributed by atoms with van der Waals surface area (Å²) in [5.41, 5.74) is -1.51. The summed E-state index contributed by atoms with van der Waals surface area (Å²) < 4.78 is 51.7. The largest absolute Gasteiger partial charge is 0.416 e. The van der Waals surface area contributed by atoms with E-state index in [1.807, 2.05) is 0 Å². The average Bonchev–Trinajstić information content (AvgIpc) is 2.97. The molecule has 0 saturated carbocycles. The second kappa shape index (κ2) is 4.98. The van der Waals surface area contributed by atoms with Crippen LogP contribution in [0, 0.1) is 17.7 Å². The van der Waals surface area contributed by atoms with Gasteiger partial charge in [0.05, 0.1) is 11.1 Å². The van der Waals surface area contributed by atoms with Gasteiger partial charge < -0.3 is 10.2 Å². The second-order valence-corrected chi connectivity index (χ2v) is 5.58. The van der Waals surface area contributed by atoms with Crippen molar-refractivity contribution < 1.29 is 22.4 Å². The molecule has 0 bridgehead atoms. The van der Waals surface area contributed by atoms with Crippen LogP contribution in [0.3, 0.4) is 0 Å². The van der Waals surface area contributed by atoms with Crippen LogP contribution < -0.4 is 5.32 Å². The van der Waals surface area contributed by atoms with Crippen molar-refractivity contribution in [1.29, 1.82) is 0 Å². The molecule has 1 N–H and O–H groups in total. The molecule has 0 aliphatic carbocycles. The maximum absolute atomic E-state index is 13.7. The minimum absolute atomic E-state index is 0.308. The molecule has 1 amide bonds. The quantitative estimate of drug-likeness (QED) is 0.806. The van der Waals surface area contributed by atoms with Crippen LogP contribution in [0.15, 0.2) is 18.2 Å². The van der Waals surface area contributed by atoms with Crippen molar-refractivity contribution in [3.63, 3.8) is 0 Å². The molecule has 0 aromatic heterocycles. The molecule has 2 fully saturated rings. The van der Waals surface area contributed by atoms with Crippen LogP contribution >= 0.6 is 0 Å². The van der Waals surface area contributed by atoms with Gasteiger partial charge in [0.25, 0.3) is 5.91 Å². The number of carbonyl (C=O) groups is 1. The number of nitrogens with zero attached hydrogens (tertiary/aromatic N) is 1. The van der Waals surface area contributed by atoms with Crippen molar-refractivity contribution in [2.24, 2.45) is 11.8 Å². The Labute approximate surface area is 118 Å². The van der Waals surface area contributed by atoms with Gasteiger partial charge in [-0.1, -0.05) is 0 Å². The Morgan fingerprint density at radius 3 is 2.38 bits per heavy atom. The Morgan fingerprint density at radius 2 is 1.81 bits per heavy atom. The van der Waals surface area contributed by atoms with E-state index in [2.05, 4.69) is 5.32 Å². The third kappa shape index (κ3) is 2.62. The number of alkyl halides is 3. The van der Waals surface area contributed by atoms with Gasteiger partial charge in [0.2, 0.25) is 0 Å². The zero-order chi connectivity index (χ0) is 15.2. The fourth-order valence-electron chi connectivity index (χ4n) is 3.06. The van der Waals surface area contributed by atoms with Crippen molar-refractivity contribution >= 4 is 5.91 Å². The maximum Gasteiger partial charge on any atom is 0.416 e. The number of benzene rings is 1. The summed E-state index contributed by atoms with van der Waals surface area (Å²) in [5.74, 6) is -0.957. The summed E-state index contributed by atoms with van der Waals surface area (Å²) in [6.07, 6.45) is -4.59. The fraction of sp³-hybridized carbons (Fsp3) is 0.500. The monoisotopic (exact) mass is 302 g/mol. The number of rotatable bonds is 1. The van der Waals surface area contributed by atoms with Crippen LogP contribution in [0.5, 0.6) is 0 Å². The first-order chi connectivity index (χ1) is 9.86. The lowest BCUT2D eigenvalue weighted by molar-refractivity contribution is -0.137. The number of amides is 1. The predicted molar refractivity (Wildman–Crippen MR) is 67.2 cm³/mol. The van der Waals surface area contributed by atoms with Gasteiger partial charge in [0.15, 0.2) is 0 Å². The van der Waals surface area contributed by atoms with Gasteiger partial charge in [-0.05, 0) is 30.0 Å². The number of hydrogen-bond donors (Lipinski definition) is 1. The van der Waals surface area contributed by atoms with E-state index in [1.165, 1.54) is 4.90 Å². The van der Waals surface area contributed by atoms with E-state index in [0.29, 0.717) is 43.1 Å². The van der Waals surface area contributed by atoms with E-state index in [1.54, 1.807) is 0 Å².